The summed E-state index contributed by atoms with van der Waals surface area (Å²) >= 11 is 12.1. The van der Waals surface area contributed by atoms with Gasteiger partial charge in [-0.1, -0.05) is 23.3 Å². The Hall–Kier alpha value is -0.350. The first-order valence-corrected chi connectivity index (χ1v) is 8.07. The van der Waals surface area contributed by atoms with E-state index in [0.717, 1.165) is 21.2 Å². The minimum absolute atomic E-state index is 0.0490. The molecule has 0 amide bonds. The lowest BCUT2D eigenvalue weighted by molar-refractivity contribution is 0.473. The van der Waals surface area contributed by atoms with Crippen LogP contribution in [0.4, 0.5) is 5.69 Å². The second-order valence-corrected chi connectivity index (χ2v) is 7.72. The summed E-state index contributed by atoms with van der Waals surface area (Å²) in [6.07, 6.45) is 0.0490. The monoisotopic (exact) mass is 290 g/mol. The number of alkyl halides is 1. The van der Waals surface area contributed by atoms with Crippen molar-refractivity contribution in [2.24, 2.45) is 0 Å². The highest BCUT2D eigenvalue weighted by molar-refractivity contribution is 8.26. The van der Waals surface area contributed by atoms with Crippen molar-refractivity contribution < 1.29 is 0 Å². The van der Waals surface area contributed by atoms with Crippen LogP contribution in [0.3, 0.4) is 0 Å². The second-order valence-electron chi connectivity index (χ2n) is 4.30. The molecule has 1 heterocycles. The van der Waals surface area contributed by atoms with E-state index in [0.29, 0.717) is 5.88 Å². The number of halogens is 2. The van der Waals surface area contributed by atoms with Gasteiger partial charge in [-0.2, -0.15) is 0 Å². The first-order chi connectivity index (χ1) is 7.87. The summed E-state index contributed by atoms with van der Waals surface area (Å²) < 4.78 is 2.12. The van der Waals surface area contributed by atoms with Crippen LogP contribution >= 0.6 is 32.6 Å². The smallest absolute Gasteiger partial charge is 0.102 e. The van der Waals surface area contributed by atoms with E-state index in [4.69, 9.17) is 23.2 Å². The van der Waals surface area contributed by atoms with Gasteiger partial charge in [0.2, 0.25) is 0 Å². The third-order valence-electron chi connectivity index (χ3n) is 3.13. The van der Waals surface area contributed by atoms with Gasteiger partial charge in [0.1, 0.15) is 6.17 Å². The lowest BCUT2D eigenvalue weighted by atomic mass is 10.2. The fraction of sp³-hybridized carbons (Fsp3) is 0.333. The normalized spacial score (nSPS) is 22.9. The average Bonchev–Trinajstić information content (AvgIpc) is 2.27. The number of aryl methyl sites for hydroxylation is 1. The van der Waals surface area contributed by atoms with Gasteiger partial charge in [-0.25, -0.2) is 4.31 Å². The van der Waals surface area contributed by atoms with Gasteiger partial charge in [0.05, 0.1) is 11.6 Å². The molecule has 0 bridgehead atoms. The molecule has 1 unspecified atom stereocenters. The van der Waals surface area contributed by atoms with E-state index < -0.39 is 9.39 Å². The summed E-state index contributed by atoms with van der Waals surface area (Å²) in [6.45, 7) is 1.99. The fourth-order valence-corrected chi connectivity index (χ4v) is 4.26. The summed E-state index contributed by atoms with van der Waals surface area (Å²) in [5.41, 5.74) is 2.05. The summed E-state index contributed by atoms with van der Waals surface area (Å²) in [6, 6.07) is 4.01. The molecule has 0 spiro atoms. The van der Waals surface area contributed by atoms with Crippen LogP contribution in [0.5, 0.6) is 0 Å². The number of nitrogens with zero attached hydrogens (tertiary/aromatic N) is 1. The maximum absolute atomic E-state index is 6.15. The van der Waals surface area contributed by atoms with Gasteiger partial charge < -0.3 is 5.32 Å². The van der Waals surface area contributed by atoms with Gasteiger partial charge in [0.25, 0.3) is 0 Å². The van der Waals surface area contributed by atoms with Crippen molar-refractivity contribution in [2.75, 3.05) is 18.2 Å². The van der Waals surface area contributed by atoms with E-state index in [1.807, 2.05) is 20.0 Å². The molecule has 2 rings (SSSR count). The molecule has 1 aromatic carbocycles. The maximum Gasteiger partial charge on any atom is 0.102 e. The van der Waals surface area contributed by atoms with Gasteiger partial charge in [-0.3, -0.25) is 0 Å². The number of hydrogen-bond acceptors (Lipinski definition) is 2. The zero-order valence-corrected chi connectivity index (χ0v) is 12.3. The summed E-state index contributed by atoms with van der Waals surface area (Å²) in [5, 5.41) is 4.12. The number of fused-ring (bicyclic) bond motifs is 1. The molecule has 5 heteroatoms. The minimum atomic E-state index is -1.49. The van der Waals surface area contributed by atoms with Crippen molar-refractivity contribution >= 4 is 50.0 Å². The molecular weight excluding hydrogens is 275 g/mol. The number of rotatable bonds is 1. The standard InChI is InChI=1S/C12H16Cl2N2S/c1-8-5-11-10(6-9(8)14)15-12(7-13)16(2)17(11,3)4/h5-6,12,15H,3-4,7H2,1-2H3. The molecule has 0 aromatic heterocycles. The Bertz CT molecular complexity index is 552. The van der Waals surface area contributed by atoms with Crippen LogP contribution < -0.4 is 5.32 Å². The molecule has 0 fully saturated rings. The van der Waals surface area contributed by atoms with E-state index in [1.54, 1.807) is 0 Å². The van der Waals surface area contributed by atoms with E-state index >= 15 is 0 Å². The molecule has 1 aliphatic heterocycles. The Balaban J connectivity index is 2.66. The number of anilines is 1. The Morgan fingerprint density at radius 3 is 2.71 bits per heavy atom. The van der Waals surface area contributed by atoms with Crippen LogP contribution in [0.2, 0.25) is 5.02 Å². The minimum Gasteiger partial charge on any atom is -0.367 e. The Labute approximate surface area is 113 Å². The highest BCUT2D eigenvalue weighted by atomic mass is 35.5. The molecule has 0 aliphatic carbocycles. The lowest BCUT2D eigenvalue weighted by Crippen LogP contribution is -2.40. The van der Waals surface area contributed by atoms with Crippen molar-refractivity contribution in [1.29, 1.82) is 0 Å². The van der Waals surface area contributed by atoms with Crippen LogP contribution in [0.15, 0.2) is 17.0 Å². The molecule has 1 N–H and O–H groups in total. The van der Waals surface area contributed by atoms with E-state index in [2.05, 4.69) is 27.4 Å². The first-order valence-electron chi connectivity index (χ1n) is 5.23. The predicted octanol–water partition coefficient (Wildman–Crippen LogP) is 3.51. The van der Waals surface area contributed by atoms with Crippen LogP contribution in [0.25, 0.3) is 0 Å². The van der Waals surface area contributed by atoms with E-state index in [9.17, 15) is 0 Å². The highest BCUT2D eigenvalue weighted by Gasteiger charge is 2.27. The van der Waals surface area contributed by atoms with Gasteiger partial charge in [0, 0.05) is 9.92 Å². The molecule has 0 saturated carbocycles. The SMILES string of the molecule is C=S1(=C)c2cc(C)c(Cl)cc2NC(CCl)N1C. The van der Waals surface area contributed by atoms with Gasteiger partial charge in [0.15, 0.2) is 0 Å². The zero-order chi connectivity index (χ0) is 12.8. The number of hydrogen-bond donors (Lipinski definition) is 1. The molecule has 2 nitrogen and oxygen atoms in total. The Kier molecular flexibility index (Phi) is 3.38. The van der Waals surface area contributed by atoms with Gasteiger partial charge in [-0.15, -0.1) is 21.0 Å². The number of benzene rings is 1. The van der Waals surface area contributed by atoms with Crippen molar-refractivity contribution in [2.45, 2.75) is 18.0 Å². The quantitative estimate of drug-likeness (QED) is 0.629. The predicted molar refractivity (Wildman–Crippen MR) is 82.2 cm³/mol. The summed E-state index contributed by atoms with van der Waals surface area (Å²) in [4.78, 5) is 1.13. The van der Waals surface area contributed by atoms with Crippen LogP contribution in [-0.4, -0.2) is 35.1 Å². The summed E-state index contributed by atoms with van der Waals surface area (Å²) in [7, 11) is 0.509. The largest absolute Gasteiger partial charge is 0.367 e. The third kappa shape index (κ3) is 2.06. The molecule has 0 saturated heterocycles. The average molecular weight is 291 g/mol. The molecule has 1 aromatic rings. The molecule has 0 radical (unpaired) electrons. The van der Waals surface area contributed by atoms with Crippen molar-refractivity contribution in [1.82, 2.24) is 4.31 Å². The van der Waals surface area contributed by atoms with Gasteiger partial charge in [-0.05, 0) is 31.7 Å². The molecule has 1 atom stereocenters. The highest BCUT2D eigenvalue weighted by Crippen LogP contribution is 2.46. The third-order valence-corrected chi connectivity index (χ3v) is 6.34. The molecule has 94 valence electrons. The fourth-order valence-electron chi connectivity index (χ4n) is 1.89. The molecule has 17 heavy (non-hydrogen) atoms. The molecule has 1 aliphatic rings. The summed E-state index contributed by atoms with van der Waals surface area (Å²) in [5.74, 6) is 9.04. The van der Waals surface area contributed by atoms with Crippen LogP contribution in [-0.2, 0) is 0 Å². The van der Waals surface area contributed by atoms with Gasteiger partial charge >= 0.3 is 0 Å². The topological polar surface area (TPSA) is 15.3 Å². The first kappa shape index (κ1) is 13.1. The Morgan fingerprint density at radius 2 is 2.12 bits per heavy atom. The maximum atomic E-state index is 6.15. The molecular formula is C12H16Cl2N2S. The van der Waals surface area contributed by atoms with Crippen LogP contribution in [0, 0.1) is 6.92 Å². The van der Waals surface area contributed by atoms with E-state index in [1.165, 1.54) is 0 Å². The zero-order valence-electron chi connectivity index (χ0n) is 9.96. The van der Waals surface area contributed by atoms with E-state index in [-0.39, 0.29) is 6.17 Å². The second kappa shape index (κ2) is 4.39. The number of nitrogens with one attached hydrogen (secondary N) is 1. The van der Waals surface area contributed by atoms with Crippen LogP contribution in [0.1, 0.15) is 5.56 Å². The van der Waals surface area contributed by atoms with Crippen molar-refractivity contribution in [3.05, 3.63) is 22.7 Å². The Morgan fingerprint density at radius 1 is 1.47 bits per heavy atom. The van der Waals surface area contributed by atoms with Crippen molar-refractivity contribution in [3.63, 3.8) is 0 Å². The van der Waals surface area contributed by atoms with Crippen molar-refractivity contribution in [3.8, 4) is 0 Å². The lowest BCUT2D eigenvalue weighted by Gasteiger charge is -2.41.